The van der Waals surface area contributed by atoms with Gasteiger partial charge >= 0.3 is 12.1 Å². The molecule has 0 saturated carbocycles. The average molecular weight is 516 g/mol. The Kier molecular flexibility index (Phi) is 7.70. The lowest BCUT2D eigenvalue weighted by Gasteiger charge is -2.18. The van der Waals surface area contributed by atoms with Crippen molar-refractivity contribution in [1.82, 2.24) is 0 Å². The van der Waals surface area contributed by atoms with Gasteiger partial charge in [0.1, 0.15) is 0 Å². The van der Waals surface area contributed by atoms with E-state index in [2.05, 4.69) is 26.0 Å². The number of anilines is 5. The van der Waals surface area contributed by atoms with Gasteiger partial charge < -0.3 is 21.3 Å². The number of amides is 4. The highest BCUT2D eigenvalue weighted by Gasteiger charge is 2.21. The molecular weight excluding hydrogens is 490 g/mol. The summed E-state index contributed by atoms with van der Waals surface area (Å²) in [5.41, 5.74) is 2.29. The molecule has 0 heterocycles. The van der Waals surface area contributed by atoms with Crippen molar-refractivity contribution in [2.75, 3.05) is 26.0 Å². The van der Waals surface area contributed by atoms with Gasteiger partial charge in [0.2, 0.25) is 0 Å². The molecule has 0 fully saturated rings. The number of para-hydroxylation sites is 3. The largest absolute Gasteiger partial charge is 0.323 e. The Hall–Kier alpha value is -4.83. The fourth-order valence-corrected chi connectivity index (χ4v) is 4.49. The Morgan fingerprint density at radius 3 is 1.49 bits per heavy atom. The number of carbonyl (C=O) groups is 2. The Bertz CT molecular complexity index is 1420. The Morgan fingerprint density at radius 1 is 0.568 bits per heavy atom. The van der Waals surface area contributed by atoms with Crippen molar-refractivity contribution >= 4 is 50.5 Å². The minimum atomic E-state index is -4.06. The summed E-state index contributed by atoms with van der Waals surface area (Å²) in [4.78, 5) is 25.4. The van der Waals surface area contributed by atoms with Crippen molar-refractivity contribution in [3.8, 4) is 0 Å². The Labute approximate surface area is 215 Å². The van der Waals surface area contributed by atoms with Crippen LogP contribution >= 0.6 is 0 Å². The molecule has 4 amide bonds. The molecule has 5 N–H and O–H groups in total. The Balaban J connectivity index is 1.64. The standard InChI is InChI=1S/C27H25N5O4S/c1-19-15-17-22(18-16-19)37(35,36)32-25-23(30-26(33)28-20-9-4-2-5-10-20)13-8-14-24(25)31-27(34)29-21-11-6-3-7-12-21/h2-18,32H,1H3,(H2,28,30,33)(H2,29,31,34). The van der Waals surface area contributed by atoms with E-state index in [1.807, 2.05) is 19.1 Å². The fourth-order valence-electron chi connectivity index (χ4n) is 3.39. The summed E-state index contributed by atoms with van der Waals surface area (Å²) in [7, 11) is -4.06. The zero-order chi connectivity index (χ0) is 26.3. The molecule has 0 aliphatic rings. The van der Waals surface area contributed by atoms with E-state index in [-0.39, 0.29) is 22.0 Å². The maximum absolute atomic E-state index is 13.2. The molecule has 0 radical (unpaired) electrons. The molecule has 188 valence electrons. The minimum Gasteiger partial charge on any atom is -0.308 e. The van der Waals surface area contributed by atoms with Crippen molar-refractivity contribution in [3.63, 3.8) is 0 Å². The number of hydrogen-bond acceptors (Lipinski definition) is 4. The third kappa shape index (κ3) is 6.86. The van der Waals surface area contributed by atoms with Crippen molar-refractivity contribution in [3.05, 3.63) is 109 Å². The smallest absolute Gasteiger partial charge is 0.308 e. The van der Waals surface area contributed by atoms with E-state index in [1.54, 1.807) is 66.7 Å². The van der Waals surface area contributed by atoms with Crippen LogP contribution in [0.4, 0.5) is 38.0 Å². The first kappa shape index (κ1) is 25.3. The molecule has 0 aliphatic heterocycles. The number of sulfonamides is 1. The van der Waals surface area contributed by atoms with Crippen molar-refractivity contribution in [2.24, 2.45) is 0 Å². The van der Waals surface area contributed by atoms with E-state index in [0.717, 1.165) is 5.56 Å². The van der Waals surface area contributed by atoms with Gasteiger partial charge in [-0.15, -0.1) is 0 Å². The van der Waals surface area contributed by atoms with Gasteiger partial charge in [-0.1, -0.05) is 60.2 Å². The number of nitrogens with one attached hydrogen (secondary N) is 5. The molecule has 0 spiro atoms. The summed E-state index contributed by atoms with van der Waals surface area (Å²) in [6, 6.07) is 27.3. The first-order valence-corrected chi connectivity index (χ1v) is 12.8. The van der Waals surface area contributed by atoms with Gasteiger partial charge in [-0.3, -0.25) is 4.72 Å². The maximum atomic E-state index is 13.2. The van der Waals surface area contributed by atoms with E-state index in [1.165, 1.54) is 24.3 Å². The summed E-state index contributed by atoms with van der Waals surface area (Å²) in [5.74, 6) is 0. The minimum absolute atomic E-state index is 0.00509. The molecule has 0 bridgehead atoms. The molecule has 4 aromatic rings. The van der Waals surface area contributed by atoms with E-state index < -0.39 is 22.1 Å². The van der Waals surface area contributed by atoms with Crippen LogP contribution in [0.15, 0.2) is 108 Å². The van der Waals surface area contributed by atoms with Crippen LogP contribution in [0, 0.1) is 6.92 Å². The lowest BCUT2D eigenvalue weighted by Crippen LogP contribution is -2.24. The van der Waals surface area contributed by atoms with Crippen LogP contribution in [0.2, 0.25) is 0 Å². The second kappa shape index (κ2) is 11.3. The molecule has 0 atom stereocenters. The van der Waals surface area contributed by atoms with Gasteiger partial charge in [0, 0.05) is 11.4 Å². The van der Waals surface area contributed by atoms with Gasteiger partial charge in [-0.2, -0.15) is 0 Å². The predicted molar refractivity (Wildman–Crippen MR) is 147 cm³/mol. The summed E-state index contributed by atoms with van der Waals surface area (Å²) < 4.78 is 28.9. The van der Waals surface area contributed by atoms with Crippen LogP contribution in [0.5, 0.6) is 0 Å². The molecule has 10 heteroatoms. The van der Waals surface area contributed by atoms with Crippen LogP contribution in [0.3, 0.4) is 0 Å². The average Bonchev–Trinajstić information content (AvgIpc) is 2.87. The van der Waals surface area contributed by atoms with Crippen LogP contribution in [-0.2, 0) is 10.0 Å². The molecule has 0 saturated heterocycles. The highest BCUT2D eigenvalue weighted by atomic mass is 32.2. The number of carbonyl (C=O) groups excluding carboxylic acids is 2. The molecule has 0 aromatic heterocycles. The summed E-state index contributed by atoms with van der Waals surface area (Å²) in [6.45, 7) is 1.85. The molecule has 4 rings (SSSR count). The number of rotatable bonds is 7. The summed E-state index contributed by atoms with van der Waals surface area (Å²) >= 11 is 0. The number of benzene rings is 4. The first-order chi connectivity index (χ1) is 17.8. The van der Waals surface area contributed by atoms with E-state index in [0.29, 0.717) is 11.4 Å². The van der Waals surface area contributed by atoms with E-state index >= 15 is 0 Å². The van der Waals surface area contributed by atoms with E-state index in [4.69, 9.17) is 0 Å². The highest BCUT2D eigenvalue weighted by Crippen LogP contribution is 2.33. The first-order valence-electron chi connectivity index (χ1n) is 11.3. The highest BCUT2D eigenvalue weighted by molar-refractivity contribution is 7.92. The second-order valence-electron chi connectivity index (χ2n) is 8.04. The Morgan fingerprint density at radius 2 is 1.03 bits per heavy atom. The van der Waals surface area contributed by atoms with Crippen LogP contribution in [-0.4, -0.2) is 20.5 Å². The van der Waals surface area contributed by atoms with Crippen molar-refractivity contribution in [2.45, 2.75) is 11.8 Å². The molecule has 0 aliphatic carbocycles. The zero-order valence-corrected chi connectivity index (χ0v) is 20.7. The third-order valence-corrected chi connectivity index (χ3v) is 6.56. The fraction of sp³-hybridized carbons (Fsp3) is 0.0370. The van der Waals surface area contributed by atoms with Gasteiger partial charge in [0.25, 0.3) is 10.0 Å². The van der Waals surface area contributed by atoms with Crippen LogP contribution in [0.1, 0.15) is 5.56 Å². The molecule has 0 unspecified atom stereocenters. The van der Waals surface area contributed by atoms with Gasteiger partial charge in [-0.25, -0.2) is 18.0 Å². The summed E-state index contributed by atoms with van der Waals surface area (Å²) in [5, 5.41) is 10.7. The lowest BCUT2D eigenvalue weighted by molar-refractivity contribution is 0.261. The number of hydrogen-bond donors (Lipinski definition) is 5. The predicted octanol–water partition coefficient (Wildman–Crippen LogP) is 6.08. The SMILES string of the molecule is Cc1ccc(S(=O)(=O)Nc2c(NC(=O)Nc3ccccc3)cccc2NC(=O)Nc2ccccc2)cc1. The van der Waals surface area contributed by atoms with Crippen molar-refractivity contribution in [1.29, 1.82) is 0 Å². The second-order valence-corrected chi connectivity index (χ2v) is 9.72. The van der Waals surface area contributed by atoms with Gasteiger partial charge in [0.05, 0.1) is 22.0 Å². The van der Waals surface area contributed by atoms with Crippen LogP contribution < -0.4 is 26.0 Å². The molecule has 37 heavy (non-hydrogen) atoms. The molecular formula is C27H25N5O4S. The topological polar surface area (TPSA) is 128 Å². The third-order valence-electron chi connectivity index (χ3n) is 5.19. The van der Waals surface area contributed by atoms with E-state index in [9.17, 15) is 18.0 Å². The molecule has 9 nitrogen and oxygen atoms in total. The number of aryl methyl sites for hydroxylation is 1. The quantitative estimate of drug-likeness (QED) is 0.204. The molecule has 4 aromatic carbocycles. The lowest BCUT2D eigenvalue weighted by atomic mass is 10.2. The number of urea groups is 2. The monoisotopic (exact) mass is 515 g/mol. The van der Waals surface area contributed by atoms with Gasteiger partial charge in [-0.05, 0) is 55.5 Å². The zero-order valence-electron chi connectivity index (χ0n) is 19.9. The van der Waals surface area contributed by atoms with Gasteiger partial charge in [0.15, 0.2) is 0 Å². The van der Waals surface area contributed by atoms with Crippen LogP contribution in [0.25, 0.3) is 0 Å². The van der Waals surface area contributed by atoms with Crippen molar-refractivity contribution < 1.29 is 18.0 Å². The maximum Gasteiger partial charge on any atom is 0.323 e. The normalized spacial score (nSPS) is 10.7. The summed E-state index contributed by atoms with van der Waals surface area (Å²) in [6.07, 6.45) is 0.